The molecule has 1 aromatic heterocycles. The van der Waals surface area contributed by atoms with Crippen LogP contribution in [-0.4, -0.2) is 53.8 Å². The molecule has 0 unspecified atom stereocenters. The molecule has 1 aromatic carbocycles. The molecule has 1 aliphatic heterocycles. The molecule has 0 aliphatic carbocycles. The highest BCUT2D eigenvalue weighted by molar-refractivity contribution is 7.09. The zero-order chi connectivity index (χ0) is 19.9. The molecule has 0 saturated carbocycles. The number of nitrogens with one attached hydrogen (secondary N) is 1. The number of nitrogens with zero attached hydrogens (tertiary/aromatic N) is 2. The molecule has 150 valence electrons. The van der Waals surface area contributed by atoms with Gasteiger partial charge in [0.2, 0.25) is 11.8 Å². The summed E-state index contributed by atoms with van der Waals surface area (Å²) in [6.45, 7) is 8.07. The second-order valence-electron chi connectivity index (χ2n) is 7.63. The van der Waals surface area contributed by atoms with Gasteiger partial charge >= 0.3 is 0 Å². The third-order valence-corrected chi connectivity index (χ3v) is 5.96. The summed E-state index contributed by atoms with van der Waals surface area (Å²) in [7, 11) is 0. The third-order valence-electron chi connectivity index (χ3n) is 5.10. The van der Waals surface area contributed by atoms with Crippen molar-refractivity contribution >= 4 is 23.2 Å². The molecule has 0 spiro atoms. The Morgan fingerprint density at radius 1 is 1.04 bits per heavy atom. The molecule has 1 aliphatic rings. The van der Waals surface area contributed by atoms with Crippen molar-refractivity contribution in [3.63, 3.8) is 0 Å². The normalized spacial score (nSPS) is 16.2. The van der Waals surface area contributed by atoms with Crippen LogP contribution in [0.5, 0.6) is 0 Å². The van der Waals surface area contributed by atoms with Crippen molar-refractivity contribution in [1.29, 1.82) is 0 Å². The molecule has 5 nitrogen and oxygen atoms in total. The van der Waals surface area contributed by atoms with E-state index >= 15 is 0 Å². The lowest BCUT2D eigenvalue weighted by molar-refractivity contribution is -0.139. The van der Waals surface area contributed by atoms with Gasteiger partial charge in [0.1, 0.15) is 6.04 Å². The van der Waals surface area contributed by atoms with Crippen molar-refractivity contribution in [1.82, 2.24) is 15.1 Å². The van der Waals surface area contributed by atoms with Crippen molar-refractivity contribution in [3.8, 4) is 0 Å². The number of benzene rings is 1. The van der Waals surface area contributed by atoms with E-state index in [1.807, 2.05) is 49.1 Å². The van der Waals surface area contributed by atoms with Gasteiger partial charge in [-0.05, 0) is 22.9 Å². The monoisotopic (exact) mass is 399 g/mol. The largest absolute Gasteiger partial charge is 0.344 e. The molecule has 2 aromatic rings. The predicted octanol–water partition coefficient (Wildman–Crippen LogP) is 2.78. The molecule has 6 heteroatoms. The number of amides is 2. The second-order valence-corrected chi connectivity index (χ2v) is 8.66. The Balaban J connectivity index is 1.52. The van der Waals surface area contributed by atoms with E-state index in [1.165, 1.54) is 4.88 Å². The van der Waals surface area contributed by atoms with Crippen LogP contribution in [0.1, 0.15) is 24.3 Å². The highest BCUT2D eigenvalue weighted by Crippen LogP contribution is 2.15. The summed E-state index contributed by atoms with van der Waals surface area (Å²) in [6, 6.07) is 13.4. The Bertz CT molecular complexity index is 753. The molecule has 1 N–H and O–H groups in total. The first-order chi connectivity index (χ1) is 13.5. The van der Waals surface area contributed by atoms with E-state index in [0.29, 0.717) is 19.5 Å². The third kappa shape index (κ3) is 5.66. The Labute approximate surface area is 171 Å². The second kappa shape index (κ2) is 9.85. The zero-order valence-corrected chi connectivity index (χ0v) is 17.5. The van der Waals surface area contributed by atoms with Gasteiger partial charge in [0.25, 0.3) is 0 Å². The molecular formula is C22H29N3O2S. The van der Waals surface area contributed by atoms with Gasteiger partial charge in [0.15, 0.2) is 0 Å². The van der Waals surface area contributed by atoms with Gasteiger partial charge in [0.05, 0.1) is 6.42 Å². The van der Waals surface area contributed by atoms with Crippen molar-refractivity contribution < 1.29 is 9.59 Å². The van der Waals surface area contributed by atoms with Crippen molar-refractivity contribution in [2.24, 2.45) is 5.92 Å². The van der Waals surface area contributed by atoms with Crippen LogP contribution in [0.2, 0.25) is 0 Å². The molecular weight excluding hydrogens is 370 g/mol. The van der Waals surface area contributed by atoms with Gasteiger partial charge in [-0.15, -0.1) is 11.3 Å². The van der Waals surface area contributed by atoms with Crippen LogP contribution >= 0.6 is 11.3 Å². The molecule has 3 rings (SSSR count). The SMILES string of the molecule is CC(C)[C@H](NC(=O)Cc1ccccc1)C(=O)N1CCN(Cc2cccs2)CC1. The van der Waals surface area contributed by atoms with E-state index in [9.17, 15) is 9.59 Å². The van der Waals surface area contributed by atoms with Gasteiger partial charge in [-0.3, -0.25) is 14.5 Å². The topological polar surface area (TPSA) is 52.7 Å². The molecule has 0 bridgehead atoms. The van der Waals surface area contributed by atoms with Gasteiger partial charge < -0.3 is 10.2 Å². The lowest BCUT2D eigenvalue weighted by Crippen LogP contribution is -2.56. The van der Waals surface area contributed by atoms with E-state index in [1.54, 1.807) is 11.3 Å². The summed E-state index contributed by atoms with van der Waals surface area (Å²) in [5.41, 5.74) is 0.956. The highest BCUT2D eigenvalue weighted by Gasteiger charge is 2.30. The van der Waals surface area contributed by atoms with E-state index < -0.39 is 6.04 Å². The number of piperazine rings is 1. The smallest absolute Gasteiger partial charge is 0.245 e. The summed E-state index contributed by atoms with van der Waals surface area (Å²) in [5.74, 6) is -0.0156. The minimum absolute atomic E-state index is 0.0344. The summed E-state index contributed by atoms with van der Waals surface area (Å²) < 4.78 is 0. The molecule has 1 atom stereocenters. The van der Waals surface area contributed by atoms with Gasteiger partial charge in [-0.2, -0.15) is 0 Å². The lowest BCUT2D eigenvalue weighted by atomic mass is 10.0. The number of thiophene rings is 1. The molecule has 2 amide bonds. The van der Waals surface area contributed by atoms with Crippen LogP contribution in [0.25, 0.3) is 0 Å². The Kier molecular flexibility index (Phi) is 7.23. The van der Waals surface area contributed by atoms with Crippen LogP contribution in [-0.2, 0) is 22.6 Å². The number of hydrogen-bond donors (Lipinski definition) is 1. The average Bonchev–Trinajstić information content (AvgIpc) is 3.20. The number of carbonyl (C=O) groups is 2. The lowest BCUT2D eigenvalue weighted by Gasteiger charge is -2.37. The first-order valence-corrected chi connectivity index (χ1v) is 10.8. The van der Waals surface area contributed by atoms with Gasteiger partial charge in [-0.25, -0.2) is 0 Å². The van der Waals surface area contributed by atoms with Crippen LogP contribution in [0, 0.1) is 5.92 Å². The number of carbonyl (C=O) groups excluding carboxylic acids is 2. The standard InChI is InChI=1S/C22H29N3O2S/c1-17(2)21(23-20(26)15-18-7-4-3-5-8-18)22(27)25-12-10-24(11-13-25)16-19-9-6-14-28-19/h3-9,14,17,21H,10-13,15-16H2,1-2H3,(H,23,26)/t21-/m0/s1. The highest BCUT2D eigenvalue weighted by atomic mass is 32.1. The number of hydrogen-bond acceptors (Lipinski definition) is 4. The fraction of sp³-hybridized carbons (Fsp3) is 0.455. The summed E-state index contributed by atoms with van der Waals surface area (Å²) in [4.78, 5) is 31.1. The van der Waals surface area contributed by atoms with E-state index in [-0.39, 0.29) is 17.7 Å². The minimum atomic E-state index is -0.472. The van der Waals surface area contributed by atoms with Crippen LogP contribution in [0.3, 0.4) is 0 Å². The Hall–Kier alpha value is -2.18. The van der Waals surface area contributed by atoms with E-state index in [2.05, 4.69) is 27.7 Å². The maximum atomic E-state index is 13.0. The molecule has 2 heterocycles. The fourth-order valence-electron chi connectivity index (χ4n) is 3.47. The average molecular weight is 400 g/mol. The zero-order valence-electron chi connectivity index (χ0n) is 16.6. The first-order valence-electron chi connectivity index (χ1n) is 9.89. The van der Waals surface area contributed by atoms with Crippen molar-refractivity contribution in [2.45, 2.75) is 32.9 Å². The number of rotatable bonds is 7. The summed E-state index contributed by atoms with van der Waals surface area (Å²) in [5, 5.41) is 5.07. The quantitative estimate of drug-likeness (QED) is 0.779. The van der Waals surface area contributed by atoms with E-state index in [0.717, 1.165) is 25.2 Å². The Morgan fingerprint density at radius 3 is 2.36 bits per heavy atom. The fourth-order valence-corrected chi connectivity index (χ4v) is 4.21. The molecule has 1 saturated heterocycles. The van der Waals surface area contributed by atoms with Gasteiger partial charge in [-0.1, -0.05) is 50.2 Å². The van der Waals surface area contributed by atoms with E-state index in [4.69, 9.17) is 0 Å². The van der Waals surface area contributed by atoms with Crippen LogP contribution in [0.4, 0.5) is 0 Å². The first kappa shape index (κ1) is 20.6. The summed E-state index contributed by atoms with van der Waals surface area (Å²) in [6.07, 6.45) is 0.298. The summed E-state index contributed by atoms with van der Waals surface area (Å²) >= 11 is 1.77. The van der Waals surface area contributed by atoms with Gasteiger partial charge in [0, 0.05) is 37.6 Å². The van der Waals surface area contributed by atoms with Crippen molar-refractivity contribution in [2.75, 3.05) is 26.2 Å². The maximum Gasteiger partial charge on any atom is 0.245 e. The molecule has 1 fully saturated rings. The minimum Gasteiger partial charge on any atom is -0.344 e. The Morgan fingerprint density at radius 2 is 1.75 bits per heavy atom. The molecule has 28 heavy (non-hydrogen) atoms. The predicted molar refractivity (Wildman–Crippen MR) is 113 cm³/mol. The van der Waals surface area contributed by atoms with Crippen molar-refractivity contribution in [3.05, 3.63) is 58.3 Å². The van der Waals surface area contributed by atoms with Crippen LogP contribution in [0.15, 0.2) is 47.8 Å². The maximum absolute atomic E-state index is 13.0. The van der Waals surface area contributed by atoms with Crippen LogP contribution < -0.4 is 5.32 Å². The molecule has 0 radical (unpaired) electrons.